The molecule has 1 heterocycles. The van der Waals surface area contributed by atoms with Crippen molar-refractivity contribution < 1.29 is 9.53 Å². The molecule has 0 spiro atoms. The fourth-order valence-electron chi connectivity index (χ4n) is 2.93. The van der Waals surface area contributed by atoms with Crippen LogP contribution in [0.5, 0.6) is 5.75 Å². The first-order valence-corrected chi connectivity index (χ1v) is 7.33. The molecule has 1 aromatic carbocycles. The highest BCUT2D eigenvalue weighted by Gasteiger charge is 2.32. The van der Waals surface area contributed by atoms with Crippen LogP contribution in [0.15, 0.2) is 53.5 Å². The topological polar surface area (TPSA) is 48.3 Å². The largest absolute Gasteiger partial charge is 0.497 e. The van der Waals surface area contributed by atoms with Crippen molar-refractivity contribution in [2.24, 2.45) is 5.41 Å². The second-order valence-corrected chi connectivity index (χ2v) is 6.05. The molecule has 1 aromatic heterocycles. The molecule has 0 N–H and O–H groups in total. The summed E-state index contributed by atoms with van der Waals surface area (Å²) in [5, 5.41) is 0. The van der Waals surface area contributed by atoms with Crippen molar-refractivity contribution in [2.75, 3.05) is 7.11 Å². The Bertz CT molecular complexity index is 912. The minimum Gasteiger partial charge on any atom is -0.497 e. The van der Waals surface area contributed by atoms with E-state index in [1.807, 2.05) is 38.1 Å². The van der Waals surface area contributed by atoms with E-state index in [1.54, 1.807) is 30.0 Å². The molecule has 4 nitrogen and oxygen atoms in total. The van der Waals surface area contributed by atoms with Gasteiger partial charge in [0.2, 0.25) is 0 Å². The molecule has 23 heavy (non-hydrogen) atoms. The van der Waals surface area contributed by atoms with Gasteiger partial charge in [-0.25, -0.2) is 4.79 Å². The Morgan fingerprint density at radius 2 is 1.91 bits per heavy atom. The van der Waals surface area contributed by atoms with Gasteiger partial charge in [0.05, 0.1) is 18.4 Å². The average molecular weight is 307 g/mol. The number of aromatic nitrogens is 1. The van der Waals surface area contributed by atoms with Gasteiger partial charge in [0.1, 0.15) is 11.7 Å². The fraction of sp³-hybridized carbons (Fsp3) is 0.211. The van der Waals surface area contributed by atoms with E-state index < -0.39 is 5.41 Å². The van der Waals surface area contributed by atoms with Crippen LogP contribution in [0.3, 0.4) is 0 Å². The van der Waals surface area contributed by atoms with E-state index in [0.717, 1.165) is 16.8 Å². The monoisotopic (exact) mass is 307 g/mol. The molecule has 3 rings (SSSR count). The van der Waals surface area contributed by atoms with Crippen LogP contribution >= 0.6 is 0 Å². The standard InChI is InChI=1S/C19H17NO3/c1-19(2)11-17(20-9-5-4-6-18(20)22)15-10-13(23-3)7-8-14(15)16(19)12-21/h4-11H,1-3H3. The fourth-order valence-corrected chi connectivity index (χ4v) is 2.93. The van der Waals surface area contributed by atoms with Crippen molar-refractivity contribution >= 4 is 17.2 Å². The maximum absolute atomic E-state index is 12.3. The zero-order valence-electron chi connectivity index (χ0n) is 13.3. The van der Waals surface area contributed by atoms with Crippen LogP contribution in [0.1, 0.15) is 25.0 Å². The van der Waals surface area contributed by atoms with Gasteiger partial charge in [-0.1, -0.05) is 19.9 Å². The molecule has 0 saturated carbocycles. The number of hydrogen-bond donors (Lipinski definition) is 0. The molecule has 0 amide bonds. The van der Waals surface area contributed by atoms with Gasteiger partial charge in [-0.2, -0.15) is 0 Å². The second-order valence-electron chi connectivity index (χ2n) is 6.05. The van der Waals surface area contributed by atoms with Gasteiger partial charge in [-0.3, -0.25) is 9.36 Å². The third-order valence-corrected chi connectivity index (χ3v) is 4.10. The van der Waals surface area contributed by atoms with Gasteiger partial charge in [0.25, 0.3) is 5.56 Å². The molecule has 0 bridgehead atoms. The second kappa shape index (κ2) is 5.41. The van der Waals surface area contributed by atoms with E-state index in [-0.39, 0.29) is 5.56 Å². The van der Waals surface area contributed by atoms with E-state index in [4.69, 9.17) is 4.74 Å². The number of fused-ring (bicyclic) bond motifs is 1. The van der Waals surface area contributed by atoms with Crippen LogP contribution < -0.4 is 10.3 Å². The third-order valence-electron chi connectivity index (χ3n) is 4.10. The summed E-state index contributed by atoms with van der Waals surface area (Å²) in [6, 6.07) is 10.5. The lowest BCUT2D eigenvalue weighted by molar-refractivity contribution is 0.414. The highest BCUT2D eigenvalue weighted by Crippen LogP contribution is 2.44. The molecule has 1 aliphatic carbocycles. The number of methoxy groups -OCH3 is 1. The zero-order chi connectivity index (χ0) is 16.6. The first-order chi connectivity index (χ1) is 11.0. The number of ether oxygens (including phenoxy) is 1. The molecule has 0 radical (unpaired) electrons. The quantitative estimate of drug-likeness (QED) is 0.801. The first-order valence-electron chi connectivity index (χ1n) is 7.33. The van der Waals surface area contributed by atoms with E-state index in [1.165, 1.54) is 6.07 Å². The van der Waals surface area contributed by atoms with Crippen molar-refractivity contribution in [3.8, 4) is 5.75 Å². The molecular weight excluding hydrogens is 290 g/mol. The molecule has 0 aliphatic heterocycles. The summed E-state index contributed by atoms with van der Waals surface area (Å²) in [6.07, 6.45) is 3.65. The van der Waals surface area contributed by atoms with Gasteiger partial charge in [0.15, 0.2) is 0 Å². The summed E-state index contributed by atoms with van der Waals surface area (Å²) >= 11 is 0. The van der Waals surface area contributed by atoms with E-state index in [9.17, 15) is 9.59 Å². The lowest BCUT2D eigenvalue weighted by atomic mass is 9.74. The third kappa shape index (κ3) is 2.43. The minimum absolute atomic E-state index is 0.123. The van der Waals surface area contributed by atoms with E-state index >= 15 is 0 Å². The van der Waals surface area contributed by atoms with Crippen molar-refractivity contribution in [1.29, 1.82) is 0 Å². The number of allylic oxidation sites excluding steroid dienone is 2. The Balaban J connectivity index is 2.37. The SMILES string of the molecule is COc1ccc2c(c1)C(n1ccccc1=O)=CC(C)(C)C2=C=O. The summed E-state index contributed by atoms with van der Waals surface area (Å²) in [6.45, 7) is 3.88. The van der Waals surface area contributed by atoms with Crippen molar-refractivity contribution in [3.63, 3.8) is 0 Å². The molecule has 4 heteroatoms. The van der Waals surface area contributed by atoms with Crippen LogP contribution in [0.25, 0.3) is 11.3 Å². The molecule has 0 fully saturated rings. The molecule has 0 atom stereocenters. The van der Waals surface area contributed by atoms with Crippen molar-refractivity contribution in [2.45, 2.75) is 13.8 Å². The maximum Gasteiger partial charge on any atom is 0.255 e. The van der Waals surface area contributed by atoms with Gasteiger partial charge in [-0.15, -0.1) is 0 Å². The van der Waals surface area contributed by atoms with Crippen LogP contribution in [-0.4, -0.2) is 17.6 Å². The van der Waals surface area contributed by atoms with Crippen molar-refractivity contribution in [3.05, 3.63) is 70.2 Å². The summed E-state index contributed by atoms with van der Waals surface area (Å²) < 4.78 is 6.88. The van der Waals surface area contributed by atoms with Crippen LogP contribution in [-0.2, 0) is 4.79 Å². The molecular formula is C19H17NO3. The Hall–Kier alpha value is -2.84. The molecule has 2 aromatic rings. The van der Waals surface area contributed by atoms with E-state index in [2.05, 4.69) is 5.94 Å². The number of rotatable bonds is 2. The molecule has 0 saturated heterocycles. The highest BCUT2D eigenvalue weighted by molar-refractivity contribution is 5.98. The lowest BCUT2D eigenvalue weighted by Crippen LogP contribution is -2.25. The maximum atomic E-state index is 12.3. The molecule has 116 valence electrons. The van der Waals surface area contributed by atoms with Gasteiger partial charge >= 0.3 is 0 Å². The van der Waals surface area contributed by atoms with Gasteiger partial charge < -0.3 is 4.74 Å². The number of pyridine rings is 1. The van der Waals surface area contributed by atoms with Crippen LogP contribution in [0, 0.1) is 5.41 Å². The summed E-state index contributed by atoms with van der Waals surface area (Å²) in [5.74, 6) is 2.74. The summed E-state index contributed by atoms with van der Waals surface area (Å²) in [5.41, 5.74) is 2.24. The van der Waals surface area contributed by atoms with E-state index in [0.29, 0.717) is 11.3 Å². The lowest BCUT2D eigenvalue weighted by Gasteiger charge is -2.31. The Labute approximate surface area is 134 Å². The van der Waals surface area contributed by atoms with Crippen molar-refractivity contribution in [1.82, 2.24) is 4.57 Å². The Morgan fingerprint density at radius 3 is 2.57 bits per heavy atom. The predicted molar refractivity (Wildman–Crippen MR) is 90.0 cm³/mol. The predicted octanol–water partition coefficient (Wildman–Crippen LogP) is 3.00. The summed E-state index contributed by atoms with van der Waals surface area (Å²) in [7, 11) is 1.59. The molecule has 1 aliphatic rings. The zero-order valence-corrected chi connectivity index (χ0v) is 13.3. The Kier molecular flexibility index (Phi) is 3.55. The number of nitrogens with zero attached hydrogens (tertiary/aromatic N) is 1. The van der Waals surface area contributed by atoms with Gasteiger partial charge in [-0.05, 0) is 35.9 Å². The number of hydrogen-bond acceptors (Lipinski definition) is 3. The number of benzene rings is 1. The van der Waals surface area contributed by atoms with Crippen LogP contribution in [0.2, 0.25) is 0 Å². The molecule has 0 unspecified atom stereocenters. The normalized spacial score (nSPS) is 15.4. The highest BCUT2D eigenvalue weighted by atomic mass is 16.5. The van der Waals surface area contributed by atoms with Gasteiger partial charge in [0, 0.05) is 23.2 Å². The smallest absolute Gasteiger partial charge is 0.255 e. The summed E-state index contributed by atoms with van der Waals surface area (Å²) in [4.78, 5) is 23.8. The van der Waals surface area contributed by atoms with Crippen LogP contribution in [0.4, 0.5) is 0 Å². The first kappa shape index (κ1) is 15.1. The number of carbonyl (C=O) groups excluding carboxylic acids is 1. The minimum atomic E-state index is -0.520. The average Bonchev–Trinajstić information content (AvgIpc) is 2.54. The Morgan fingerprint density at radius 1 is 1.13 bits per heavy atom.